The SMILES string of the molecule is O=[C]NNc1cnccn1. The third-order valence-corrected chi connectivity index (χ3v) is 0.805. The molecule has 5 heteroatoms. The summed E-state index contributed by atoms with van der Waals surface area (Å²) in [5, 5.41) is 0. The van der Waals surface area contributed by atoms with E-state index in [0.717, 1.165) is 0 Å². The Bertz CT molecular complexity index is 200. The first-order valence-corrected chi connectivity index (χ1v) is 2.57. The quantitative estimate of drug-likeness (QED) is 0.433. The lowest BCUT2D eigenvalue weighted by Crippen LogP contribution is -2.19. The zero-order valence-electron chi connectivity index (χ0n) is 5.03. The first-order chi connectivity index (χ1) is 4.93. The van der Waals surface area contributed by atoms with Crippen molar-refractivity contribution in [2.75, 3.05) is 5.43 Å². The Hall–Kier alpha value is -1.65. The van der Waals surface area contributed by atoms with Crippen LogP contribution in [0.5, 0.6) is 0 Å². The number of amides is 1. The molecular weight excluding hydrogens is 132 g/mol. The van der Waals surface area contributed by atoms with E-state index in [2.05, 4.69) is 20.8 Å². The molecule has 0 atom stereocenters. The molecule has 0 saturated heterocycles. The largest absolute Gasteiger partial charge is 0.329 e. The molecule has 0 aliphatic rings. The van der Waals surface area contributed by atoms with Gasteiger partial charge in [0.25, 0.3) is 0 Å². The van der Waals surface area contributed by atoms with Crippen LogP contribution in [0.3, 0.4) is 0 Å². The molecule has 1 aromatic rings. The number of hydrogen-bond donors (Lipinski definition) is 2. The number of rotatable bonds is 3. The predicted octanol–water partition coefficient (Wildman–Crippen LogP) is -0.540. The summed E-state index contributed by atoms with van der Waals surface area (Å²) in [6.07, 6.45) is 5.96. The van der Waals surface area contributed by atoms with Crippen molar-refractivity contribution in [3.63, 3.8) is 0 Å². The Morgan fingerprint density at radius 1 is 1.50 bits per heavy atom. The number of anilines is 1. The number of nitrogens with zero attached hydrogens (tertiary/aromatic N) is 2. The smallest absolute Gasteiger partial charge is 0.280 e. The van der Waals surface area contributed by atoms with Crippen LogP contribution in [-0.4, -0.2) is 16.4 Å². The number of nitrogens with one attached hydrogen (secondary N) is 2. The van der Waals surface area contributed by atoms with Crippen molar-refractivity contribution in [2.45, 2.75) is 0 Å². The van der Waals surface area contributed by atoms with Crippen molar-refractivity contribution in [1.82, 2.24) is 15.4 Å². The van der Waals surface area contributed by atoms with E-state index < -0.39 is 0 Å². The van der Waals surface area contributed by atoms with E-state index in [1.54, 1.807) is 0 Å². The Labute approximate surface area is 57.5 Å². The molecule has 5 nitrogen and oxygen atoms in total. The summed E-state index contributed by atoms with van der Waals surface area (Å²) in [5.41, 5.74) is 4.55. The second-order valence-electron chi connectivity index (χ2n) is 1.44. The van der Waals surface area contributed by atoms with Gasteiger partial charge in [0.15, 0.2) is 5.82 Å². The fraction of sp³-hybridized carbons (Fsp3) is 0. The van der Waals surface area contributed by atoms with Gasteiger partial charge in [-0.3, -0.25) is 20.6 Å². The lowest BCUT2D eigenvalue weighted by atomic mass is 10.7. The van der Waals surface area contributed by atoms with Crippen LogP contribution < -0.4 is 10.9 Å². The summed E-state index contributed by atoms with van der Waals surface area (Å²) in [4.78, 5) is 17.2. The number of aromatic nitrogens is 2. The minimum absolute atomic E-state index is 0.478. The van der Waals surface area contributed by atoms with E-state index >= 15 is 0 Å². The summed E-state index contributed by atoms with van der Waals surface area (Å²) < 4.78 is 0. The van der Waals surface area contributed by atoms with Crippen molar-refractivity contribution in [3.05, 3.63) is 18.6 Å². The maximum absolute atomic E-state index is 9.63. The predicted molar refractivity (Wildman–Crippen MR) is 34.5 cm³/mol. The Balaban J connectivity index is 2.50. The molecule has 10 heavy (non-hydrogen) atoms. The molecule has 0 unspecified atom stereocenters. The first-order valence-electron chi connectivity index (χ1n) is 2.57. The highest BCUT2D eigenvalue weighted by Gasteiger charge is 1.86. The van der Waals surface area contributed by atoms with Crippen molar-refractivity contribution in [2.24, 2.45) is 0 Å². The summed E-state index contributed by atoms with van der Waals surface area (Å²) >= 11 is 0. The van der Waals surface area contributed by atoms with Gasteiger partial charge in [0.1, 0.15) is 0 Å². The maximum Gasteiger partial charge on any atom is 0.329 e. The molecule has 0 fully saturated rings. The molecule has 1 amide bonds. The van der Waals surface area contributed by atoms with Crippen LogP contribution in [0, 0.1) is 0 Å². The van der Waals surface area contributed by atoms with Crippen LogP contribution in [0.25, 0.3) is 0 Å². The number of hydrogen-bond acceptors (Lipinski definition) is 4. The summed E-state index contributed by atoms with van der Waals surface area (Å²) in [6, 6.07) is 0. The van der Waals surface area contributed by atoms with E-state index in [9.17, 15) is 4.79 Å². The van der Waals surface area contributed by atoms with Crippen LogP contribution in [0.2, 0.25) is 0 Å². The average Bonchev–Trinajstić information content (AvgIpc) is 2.03. The normalized spacial score (nSPS) is 8.40. The van der Waals surface area contributed by atoms with Gasteiger partial charge >= 0.3 is 6.41 Å². The molecule has 1 radical (unpaired) electrons. The van der Waals surface area contributed by atoms with E-state index in [1.165, 1.54) is 25.0 Å². The van der Waals surface area contributed by atoms with Crippen molar-refractivity contribution >= 4 is 12.2 Å². The van der Waals surface area contributed by atoms with Gasteiger partial charge in [-0.1, -0.05) is 0 Å². The molecule has 1 aromatic heterocycles. The van der Waals surface area contributed by atoms with Gasteiger partial charge < -0.3 is 0 Å². The van der Waals surface area contributed by atoms with Gasteiger partial charge in [-0.25, -0.2) is 4.98 Å². The highest BCUT2D eigenvalue weighted by atomic mass is 16.1. The number of hydrazine groups is 1. The summed E-state index contributed by atoms with van der Waals surface area (Å²) in [7, 11) is 0. The molecule has 1 heterocycles. The fourth-order valence-electron chi connectivity index (χ4n) is 0.453. The van der Waals surface area contributed by atoms with Crippen molar-refractivity contribution in [3.8, 4) is 0 Å². The van der Waals surface area contributed by atoms with Gasteiger partial charge in [-0.15, -0.1) is 0 Å². The molecule has 1 rings (SSSR count). The van der Waals surface area contributed by atoms with Crippen LogP contribution in [0.15, 0.2) is 18.6 Å². The van der Waals surface area contributed by atoms with E-state index in [1.807, 2.05) is 0 Å². The van der Waals surface area contributed by atoms with Gasteiger partial charge in [0, 0.05) is 12.4 Å². The van der Waals surface area contributed by atoms with E-state index in [-0.39, 0.29) is 0 Å². The molecular formula is C5H5N4O. The first kappa shape index (κ1) is 6.47. The molecule has 2 N–H and O–H groups in total. The molecule has 0 aliphatic heterocycles. The topological polar surface area (TPSA) is 66.9 Å². The third kappa shape index (κ3) is 1.70. The fourth-order valence-corrected chi connectivity index (χ4v) is 0.453. The lowest BCUT2D eigenvalue weighted by molar-refractivity contribution is 0.547. The second-order valence-corrected chi connectivity index (χ2v) is 1.44. The van der Waals surface area contributed by atoms with Gasteiger partial charge in [-0.05, 0) is 0 Å². The van der Waals surface area contributed by atoms with Crippen molar-refractivity contribution in [1.29, 1.82) is 0 Å². The van der Waals surface area contributed by atoms with Crippen LogP contribution in [0.1, 0.15) is 0 Å². The molecule has 0 saturated carbocycles. The van der Waals surface area contributed by atoms with E-state index in [4.69, 9.17) is 0 Å². The zero-order valence-corrected chi connectivity index (χ0v) is 5.03. The van der Waals surface area contributed by atoms with E-state index in [0.29, 0.717) is 5.82 Å². The van der Waals surface area contributed by atoms with Gasteiger partial charge in [0.05, 0.1) is 6.20 Å². The number of carbonyl (C=O) groups excluding carboxylic acids is 1. The van der Waals surface area contributed by atoms with Gasteiger partial charge in [-0.2, -0.15) is 0 Å². The summed E-state index contributed by atoms with van der Waals surface area (Å²) in [5.74, 6) is 0.478. The Morgan fingerprint density at radius 3 is 3.00 bits per heavy atom. The van der Waals surface area contributed by atoms with Crippen LogP contribution in [-0.2, 0) is 4.79 Å². The zero-order chi connectivity index (χ0) is 7.23. The lowest BCUT2D eigenvalue weighted by Gasteiger charge is -1.98. The molecule has 0 bridgehead atoms. The Morgan fingerprint density at radius 2 is 2.40 bits per heavy atom. The summed E-state index contributed by atoms with van der Waals surface area (Å²) in [6.45, 7) is 0. The molecule has 0 aliphatic carbocycles. The Kier molecular flexibility index (Phi) is 2.19. The second kappa shape index (κ2) is 3.39. The van der Waals surface area contributed by atoms with Crippen LogP contribution in [0.4, 0.5) is 5.82 Å². The standard InChI is InChI=1S/C5H5N4O/c10-4-8-9-5-3-6-1-2-7-5/h1-3H,(H,7,9)(H,8,10). The molecule has 0 spiro atoms. The third-order valence-electron chi connectivity index (χ3n) is 0.805. The van der Waals surface area contributed by atoms with Gasteiger partial charge in [0.2, 0.25) is 0 Å². The van der Waals surface area contributed by atoms with Crippen molar-refractivity contribution < 1.29 is 4.79 Å². The highest BCUT2D eigenvalue weighted by Crippen LogP contribution is 1.92. The minimum atomic E-state index is 0.478. The highest BCUT2D eigenvalue weighted by molar-refractivity contribution is 5.50. The van der Waals surface area contributed by atoms with Crippen LogP contribution >= 0.6 is 0 Å². The minimum Gasteiger partial charge on any atom is -0.280 e. The average molecular weight is 137 g/mol. The maximum atomic E-state index is 9.63. The molecule has 0 aromatic carbocycles. The molecule has 51 valence electrons. The monoisotopic (exact) mass is 137 g/mol.